The lowest BCUT2D eigenvalue weighted by atomic mass is 10.2. The number of nitrogens with one attached hydrogen (secondary N) is 2. The molecule has 132 valence electrons. The summed E-state index contributed by atoms with van der Waals surface area (Å²) in [6, 6.07) is 9.50. The standard InChI is InChI=1S/C17H15N5O4/c1-10-7-15(22-26-10)21-14-8-13(18-9-19-14)16(23)20-12-5-3-11(4-6-12)17(24)25-2/h3-9H,1-2H3,(H,20,23)(H,18,19,21,22). The molecule has 9 heteroatoms. The van der Waals surface area contributed by atoms with E-state index in [1.165, 1.54) is 19.5 Å². The summed E-state index contributed by atoms with van der Waals surface area (Å²) < 4.78 is 9.59. The highest BCUT2D eigenvalue weighted by atomic mass is 16.5. The Morgan fingerprint density at radius 2 is 1.85 bits per heavy atom. The fourth-order valence-electron chi connectivity index (χ4n) is 2.11. The second kappa shape index (κ2) is 7.43. The number of ether oxygens (including phenoxy) is 1. The summed E-state index contributed by atoms with van der Waals surface area (Å²) >= 11 is 0. The first kappa shape index (κ1) is 17.1. The Morgan fingerprint density at radius 3 is 2.50 bits per heavy atom. The number of anilines is 3. The van der Waals surface area contributed by atoms with Gasteiger partial charge >= 0.3 is 5.97 Å². The van der Waals surface area contributed by atoms with Gasteiger partial charge in [0.2, 0.25) is 0 Å². The molecule has 1 amide bonds. The molecule has 0 aliphatic rings. The summed E-state index contributed by atoms with van der Waals surface area (Å²) in [5.74, 6) is 0.662. The van der Waals surface area contributed by atoms with E-state index in [9.17, 15) is 9.59 Å². The minimum absolute atomic E-state index is 0.166. The molecule has 3 aromatic rings. The SMILES string of the molecule is COC(=O)c1ccc(NC(=O)c2cc(Nc3cc(C)on3)ncn2)cc1. The van der Waals surface area contributed by atoms with E-state index in [1.807, 2.05) is 0 Å². The van der Waals surface area contributed by atoms with Gasteiger partial charge < -0.3 is 19.9 Å². The number of aromatic nitrogens is 3. The van der Waals surface area contributed by atoms with Crippen molar-refractivity contribution in [2.45, 2.75) is 6.92 Å². The topological polar surface area (TPSA) is 119 Å². The molecule has 2 aromatic heterocycles. The number of carbonyl (C=O) groups is 2. The van der Waals surface area contributed by atoms with E-state index in [0.717, 1.165) is 0 Å². The van der Waals surface area contributed by atoms with Crippen LogP contribution in [0.2, 0.25) is 0 Å². The Balaban J connectivity index is 1.69. The quantitative estimate of drug-likeness (QED) is 0.672. The van der Waals surface area contributed by atoms with Gasteiger partial charge in [-0.05, 0) is 31.2 Å². The van der Waals surface area contributed by atoms with Crippen molar-refractivity contribution in [3.63, 3.8) is 0 Å². The molecule has 1 aromatic carbocycles. The molecular weight excluding hydrogens is 338 g/mol. The monoisotopic (exact) mass is 353 g/mol. The van der Waals surface area contributed by atoms with E-state index in [4.69, 9.17) is 4.52 Å². The first-order valence-electron chi connectivity index (χ1n) is 7.57. The van der Waals surface area contributed by atoms with E-state index in [0.29, 0.717) is 28.6 Å². The van der Waals surface area contributed by atoms with Gasteiger partial charge in [0, 0.05) is 17.8 Å². The lowest BCUT2D eigenvalue weighted by Gasteiger charge is -2.07. The van der Waals surface area contributed by atoms with Gasteiger partial charge in [-0.15, -0.1) is 0 Å². The van der Waals surface area contributed by atoms with Gasteiger partial charge in [-0.1, -0.05) is 5.16 Å². The van der Waals surface area contributed by atoms with Crippen LogP contribution in [0.1, 0.15) is 26.6 Å². The predicted molar refractivity (Wildman–Crippen MR) is 92.3 cm³/mol. The van der Waals surface area contributed by atoms with Gasteiger partial charge in [-0.25, -0.2) is 14.8 Å². The Hall–Kier alpha value is -3.75. The zero-order valence-corrected chi connectivity index (χ0v) is 14.0. The highest BCUT2D eigenvalue weighted by molar-refractivity contribution is 6.03. The average Bonchev–Trinajstić information content (AvgIpc) is 3.06. The first-order chi connectivity index (χ1) is 12.5. The number of esters is 1. The molecule has 0 atom stereocenters. The molecule has 0 bridgehead atoms. The molecule has 0 unspecified atom stereocenters. The number of hydrogen-bond donors (Lipinski definition) is 2. The number of amides is 1. The van der Waals surface area contributed by atoms with Crippen molar-refractivity contribution < 1.29 is 18.8 Å². The van der Waals surface area contributed by atoms with Crippen molar-refractivity contribution in [1.29, 1.82) is 0 Å². The van der Waals surface area contributed by atoms with Crippen LogP contribution in [0.15, 0.2) is 47.2 Å². The molecule has 2 heterocycles. The molecule has 0 saturated carbocycles. The van der Waals surface area contributed by atoms with Crippen LogP contribution in [0.25, 0.3) is 0 Å². The Labute approximate surface area is 148 Å². The fourth-order valence-corrected chi connectivity index (χ4v) is 2.11. The summed E-state index contributed by atoms with van der Waals surface area (Å²) in [5, 5.41) is 9.42. The van der Waals surface area contributed by atoms with Crippen molar-refractivity contribution in [3.05, 3.63) is 59.7 Å². The normalized spacial score (nSPS) is 10.2. The zero-order valence-electron chi connectivity index (χ0n) is 14.0. The van der Waals surface area contributed by atoms with E-state index in [-0.39, 0.29) is 5.69 Å². The molecule has 0 saturated heterocycles. The highest BCUT2D eigenvalue weighted by Crippen LogP contribution is 2.16. The molecule has 0 spiro atoms. The summed E-state index contributed by atoms with van der Waals surface area (Å²) in [6.45, 7) is 1.77. The van der Waals surface area contributed by atoms with Crippen LogP contribution in [-0.4, -0.2) is 34.1 Å². The predicted octanol–water partition coefficient (Wildman–Crippen LogP) is 2.56. The zero-order chi connectivity index (χ0) is 18.5. The molecule has 9 nitrogen and oxygen atoms in total. The van der Waals surface area contributed by atoms with Gasteiger partial charge in [-0.3, -0.25) is 4.79 Å². The Kier molecular flexibility index (Phi) is 4.88. The third-order valence-electron chi connectivity index (χ3n) is 3.35. The van der Waals surface area contributed by atoms with Crippen LogP contribution in [0, 0.1) is 6.92 Å². The van der Waals surface area contributed by atoms with Crippen molar-refractivity contribution in [2.75, 3.05) is 17.7 Å². The van der Waals surface area contributed by atoms with Gasteiger partial charge in [0.25, 0.3) is 5.91 Å². The van der Waals surface area contributed by atoms with Crippen LogP contribution >= 0.6 is 0 Å². The minimum atomic E-state index is -0.447. The van der Waals surface area contributed by atoms with Gasteiger partial charge in [0.1, 0.15) is 23.6 Å². The van der Waals surface area contributed by atoms with Crippen molar-refractivity contribution in [2.24, 2.45) is 0 Å². The molecule has 0 fully saturated rings. The molecule has 2 N–H and O–H groups in total. The Morgan fingerprint density at radius 1 is 1.08 bits per heavy atom. The smallest absolute Gasteiger partial charge is 0.337 e. The number of benzene rings is 1. The van der Waals surface area contributed by atoms with E-state index >= 15 is 0 Å². The third-order valence-corrected chi connectivity index (χ3v) is 3.35. The van der Waals surface area contributed by atoms with Gasteiger partial charge in [-0.2, -0.15) is 0 Å². The minimum Gasteiger partial charge on any atom is -0.465 e. The second-order valence-electron chi connectivity index (χ2n) is 5.26. The van der Waals surface area contributed by atoms with Crippen LogP contribution in [0.3, 0.4) is 0 Å². The number of nitrogens with zero attached hydrogens (tertiary/aromatic N) is 3. The molecule has 3 rings (SSSR count). The molecule has 0 aliphatic heterocycles. The lowest BCUT2D eigenvalue weighted by molar-refractivity contribution is 0.0600. The first-order valence-corrected chi connectivity index (χ1v) is 7.57. The molecule has 0 radical (unpaired) electrons. The molecule has 26 heavy (non-hydrogen) atoms. The maximum Gasteiger partial charge on any atom is 0.337 e. The molecular formula is C17H15N5O4. The average molecular weight is 353 g/mol. The largest absolute Gasteiger partial charge is 0.465 e. The fraction of sp³-hybridized carbons (Fsp3) is 0.118. The third kappa shape index (κ3) is 4.01. The van der Waals surface area contributed by atoms with Crippen LogP contribution < -0.4 is 10.6 Å². The maximum atomic E-state index is 12.3. The van der Waals surface area contributed by atoms with Gasteiger partial charge in [0.15, 0.2) is 5.82 Å². The van der Waals surface area contributed by atoms with Crippen LogP contribution in [0.4, 0.5) is 17.3 Å². The van der Waals surface area contributed by atoms with E-state index < -0.39 is 11.9 Å². The second-order valence-corrected chi connectivity index (χ2v) is 5.26. The van der Waals surface area contributed by atoms with Crippen molar-refractivity contribution in [1.82, 2.24) is 15.1 Å². The molecule has 0 aliphatic carbocycles. The maximum absolute atomic E-state index is 12.3. The van der Waals surface area contributed by atoms with Crippen LogP contribution in [-0.2, 0) is 4.74 Å². The lowest BCUT2D eigenvalue weighted by Crippen LogP contribution is -2.14. The Bertz CT molecular complexity index is 936. The van der Waals surface area contributed by atoms with Crippen molar-refractivity contribution >= 4 is 29.2 Å². The summed E-state index contributed by atoms with van der Waals surface area (Å²) in [4.78, 5) is 31.8. The summed E-state index contributed by atoms with van der Waals surface area (Å²) in [7, 11) is 1.30. The highest BCUT2D eigenvalue weighted by Gasteiger charge is 2.11. The van der Waals surface area contributed by atoms with E-state index in [1.54, 1.807) is 37.3 Å². The van der Waals surface area contributed by atoms with Crippen LogP contribution in [0.5, 0.6) is 0 Å². The number of hydrogen-bond acceptors (Lipinski definition) is 8. The van der Waals surface area contributed by atoms with E-state index in [2.05, 4.69) is 30.5 Å². The van der Waals surface area contributed by atoms with Crippen molar-refractivity contribution in [3.8, 4) is 0 Å². The number of carbonyl (C=O) groups excluding carboxylic acids is 2. The number of aryl methyl sites for hydroxylation is 1. The van der Waals surface area contributed by atoms with Gasteiger partial charge in [0.05, 0.1) is 12.7 Å². The number of rotatable bonds is 5. The summed E-state index contributed by atoms with van der Waals surface area (Å²) in [6.07, 6.45) is 1.27. The summed E-state index contributed by atoms with van der Waals surface area (Å²) in [5.41, 5.74) is 1.07. The number of methoxy groups -OCH3 is 1.